The molecule has 2 aromatic carbocycles. The van der Waals surface area contributed by atoms with Gasteiger partial charge < -0.3 is 5.73 Å². The third kappa shape index (κ3) is 2.64. The molecule has 0 aliphatic carbocycles. The van der Waals surface area contributed by atoms with Crippen molar-refractivity contribution < 1.29 is 0 Å². The first-order valence-electron chi connectivity index (χ1n) is 6.14. The van der Waals surface area contributed by atoms with E-state index in [2.05, 4.69) is 9.97 Å². The summed E-state index contributed by atoms with van der Waals surface area (Å²) in [6.45, 7) is 1.96. The second kappa shape index (κ2) is 5.34. The van der Waals surface area contributed by atoms with Crippen LogP contribution in [0.15, 0.2) is 30.3 Å². The number of fused-ring (bicyclic) bond motifs is 1. The molecule has 0 amide bonds. The lowest BCUT2D eigenvalue weighted by atomic mass is 10.1. The molecular formula is C15H10Cl3N3. The van der Waals surface area contributed by atoms with Crippen LogP contribution in [0.2, 0.25) is 15.1 Å². The Morgan fingerprint density at radius 3 is 2.43 bits per heavy atom. The standard InChI is InChI=1S/C15H10Cl3N3/c1-7-2-3-9(11(17)4-7)15-20-13-10(14(19)21-15)5-8(16)6-12(13)18/h2-6H,1H3,(H2,19,20,21). The molecular weight excluding hydrogens is 329 g/mol. The number of nitrogen functional groups attached to an aromatic ring is 1. The van der Waals surface area contributed by atoms with E-state index in [1.807, 2.05) is 25.1 Å². The number of nitrogens with zero attached hydrogens (tertiary/aromatic N) is 2. The van der Waals surface area contributed by atoms with Crippen molar-refractivity contribution in [2.45, 2.75) is 6.92 Å². The van der Waals surface area contributed by atoms with E-state index in [-0.39, 0.29) is 0 Å². The van der Waals surface area contributed by atoms with E-state index in [1.54, 1.807) is 12.1 Å². The van der Waals surface area contributed by atoms with E-state index in [4.69, 9.17) is 40.5 Å². The van der Waals surface area contributed by atoms with Crippen LogP contribution in [0.1, 0.15) is 5.56 Å². The Balaban J connectivity index is 2.30. The minimum absolute atomic E-state index is 0.316. The molecule has 3 rings (SSSR count). The van der Waals surface area contributed by atoms with Crippen LogP contribution in [-0.4, -0.2) is 9.97 Å². The number of anilines is 1. The third-order valence-electron chi connectivity index (χ3n) is 3.11. The highest BCUT2D eigenvalue weighted by Gasteiger charge is 2.13. The number of nitrogens with two attached hydrogens (primary N) is 1. The van der Waals surface area contributed by atoms with Gasteiger partial charge in [0.15, 0.2) is 5.82 Å². The van der Waals surface area contributed by atoms with Gasteiger partial charge in [0.2, 0.25) is 0 Å². The van der Waals surface area contributed by atoms with Crippen molar-refractivity contribution >= 4 is 51.5 Å². The molecule has 0 radical (unpaired) electrons. The van der Waals surface area contributed by atoms with Gasteiger partial charge in [-0.2, -0.15) is 0 Å². The molecule has 3 aromatic rings. The molecule has 0 saturated heterocycles. The Hall–Kier alpha value is -1.55. The van der Waals surface area contributed by atoms with Crippen LogP contribution in [0.5, 0.6) is 0 Å². The predicted octanol–water partition coefficient (Wildman–Crippen LogP) is 5.15. The highest BCUT2D eigenvalue weighted by atomic mass is 35.5. The summed E-state index contributed by atoms with van der Waals surface area (Å²) in [4.78, 5) is 8.78. The Bertz CT molecular complexity index is 862. The minimum atomic E-state index is 0.316. The van der Waals surface area contributed by atoms with Crippen molar-refractivity contribution in [2.24, 2.45) is 0 Å². The van der Waals surface area contributed by atoms with E-state index in [0.29, 0.717) is 43.2 Å². The van der Waals surface area contributed by atoms with Crippen molar-refractivity contribution in [1.29, 1.82) is 0 Å². The van der Waals surface area contributed by atoms with Crippen molar-refractivity contribution in [3.05, 3.63) is 51.0 Å². The maximum Gasteiger partial charge on any atom is 0.163 e. The lowest BCUT2D eigenvalue weighted by Crippen LogP contribution is -1.99. The summed E-state index contributed by atoms with van der Waals surface area (Å²) in [7, 11) is 0. The van der Waals surface area contributed by atoms with Crippen LogP contribution in [0.4, 0.5) is 5.82 Å². The monoisotopic (exact) mass is 337 g/mol. The van der Waals surface area contributed by atoms with Crippen molar-refractivity contribution in [3.63, 3.8) is 0 Å². The van der Waals surface area contributed by atoms with Crippen molar-refractivity contribution in [2.75, 3.05) is 5.73 Å². The number of aryl methyl sites for hydroxylation is 1. The second-order valence-corrected chi connectivity index (χ2v) is 5.95. The fraction of sp³-hybridized carbons (Fsp3) is 0.0667. The van der Waals surface area contributed by atoms with E-state index in [9.17, 15) is 0 Å². The largest absolute Gasteiger partial charge is 0.383 e. The van der Waals surface area contributed by atoms with Gasteiger partial charge in [-0.1, -0.05) is 40.9 Å². The molecule has 0 fully saturated rings. The van der Waals surface area contributed by atoms with Crippen LogP contribution in [0, 0.1) is 6.92 Å². The maximum atomic E-state index is 6.26. The van der Waals surface area contributed by atoms with Gasteiger partial charge in [0.25, 0.3) is 0 Å². The van der Waals surface area contributed by atoms with Gasteiger partial charge in [-0.15, -0.1) is 0 Å². The van der Waals surface area contributed by atoms with Crippen molar-refractivity contribution in [1.82, 2.24) is 9.97 Å². The number of aromatic nitrogens is 2. The topological polar surface area (TPSA) is 51.8 Å². The maximum absolute atomic E-state index is 6.26. The molecule has 2 N–H and O–H groups in total. The Kier molecular flexibility index (Phi) is 3.66. The molecule has 106 valence electrons. The first kappa shape index (κ1) is 14.4. The predicted molar refractivity (Wildman–Crippen MR) is 89.2 cm³/mol. The Morgan fingerprint density at radius 1 is 0.952 bits per heavy atom. The summed E-state index contributed by atoms with van der Waals surface area (Å²) >= 11 is 18.4. The molecule has 0 spiro atoms. The zero-order chi connectivity index (χ0) is 15.1. The van der Waals surface area contributed by atoms with Gasteiger partial charge in [0, 0.05) is 16.0 Å². The van der Waals surface area contributed by atoms with Gasteiger partial charge in [0.05, 0.1) is 15.6 Å². The third-order valence-corrected chi connectivity index (χ3v) is 3.93. The summed E-state index contributed by atoms with van der Waals surface area (Å²) in [5.41, 5.74) is 8.32. The number of halogens is 3. The molecule has 0 aliphatic heterocycles. The molecule has 1 aromatic heterocycles. The summed E-state index contributed by atoms with van der Waals surface area (Å²) in [5.74, 6) is 0.755. The van der Waals surface area contributed by atoms with Crippen molar-refractivity contribution in [3.8, 4) is 11.4 Å². The first-order valence-corrected chi connectivity index (χ1v) is 7.28. The SMILES string of the molecule is Cc1ccc(-c2nc(N)c3cc(Cl)cc(Cl)c3n2)c(Cl)c1. The van der Waals surface area contributed by atoms with E-state index in [0.717, 1.165) is 5.56 Å². The number of hydrogen-bond acceptors (Lipinski definition) is 3. The average Bonchev–Trinajstić information content (AvgIpc) is 2.40. The summed E-state index contributed by atoms with van der Waals surface area (Å²) in [6, 6.07) is 8.97. The first-order chi connectivity index (χ1) is 9.95. The number of rotatable bonds is 1. The molecule has 0 bridgehead atoms. The molecule has 0 atom stereocenters. The summed E-state index contributed by atoms with van der Waals surface area (Å²) in [6.07, 6.45) is 0. The highest BCUT2D eigenvalue weighted by Crippen LogP contribution is 2.33. The molecule has 6 heteroatoms. The minimum Gasteiger partial charge on any atom is -0.383 e. The Labute approximate surface area is 136 Å². The van der Waals surface area contributed by atoms with Crippen LogP contribution >= 0.6 is 34.8 Å². The molecule has 0 saturated carbocycles. The van der Waals surface area contributed by atoms with Gasteiger partial charge in [-0.25, -0.2) is 9.97 Å². The normalized spacial score (nSPS) is 11.0. The van der Waals surface area contributed by atoms with E-state index >= 15 is 0 Å². The van der Waals surface area contributed by atoms with E-state index < -0.39 is 0 Å². The van der Waals surface area contributed by atoms with Gasteiger partial charge in [-0.3, -0.25) is 0 Å². The molecule has 0 unspecified atom stereocenters. The van der Waals surface area contributed by atoms with Crippen LogP contribution in [0.25, 0.3) is 22.3 Å². The van der Waals surface area contributed by atoms with E-state index in [1.165, 1.54) is 0 Å². The van der Waals surface area contributed by atoms with Crippen LogP contribution in [0.3, 0.4) is 0 Å². The van der Waals surface area contributed by atoms with Crippen LogP contribution in [-0.2, 0) is 0 Å². The van der Waals surface area contributed by atoms with Gasteiger partial charge >= 0.3 is 0 Å². The quantitative estimate of drug-likeness (QED) is 0.667. The zero-order valence-corrected chi connectivity index (χ0v) is 13.3. The highest BCUT2D eigenvalue weighted by molar-refractivity contribution is 6.38. The Morgan fingerprint density at radius 2 is 1.71 bits per heavy atom. The molecule has 1 heterocycles. The van der Waals surface area contributed by atoms with Gasteiger partial charge in [0.1, 0.15) is 5.82 Å². The zero-order valence-electron chi connectivity index (χ0n) is 11.0. The summed E-state index contributed by atoms with van der Waals surface area (Å²) in [5, 5.41) is 2.11. The lowest BCUT2D eigenvalue weighted by molar-refractivity contribution is 1.23. The molecule has 0 aliphatic rings. The smallest absolute Gasteiger partial charge is 0.163 e. The van der Waals surface area contributed by atoms with Gasteiger partial charge in [-0.05, 0) is 36.8 Å². The fourth-order valence-corrected chi connectivity index (χ4v) is 2.96. The van der Waals surface area contributed by atoms with Crippen LogP contribution < -0.4 is 5.73 Å². The fourth-order valence-electron chi connectivity index (χ4n) is 2.10. The number of benzene rings is 2. The summed E-state index contributed by atoms with van der Waals surface area (Å²) < 4.78 is 0. The molecule has 3 nitrogen and oxygen atoms in total. The molecule has 21 heavy (non-hydrogen) atoms. The number of hydrogen-bond donors (Lipinski definition) is 1. The lowest BCUT2D eigenvalue weighted by Gasteiger charge is -2.09. The average molecular weight is 339 g/mol. The second-order valence-electron chi connectivity index (χ2n) is 4.70.